The van der Waals surface area contributed by atoms with E-state index < -0.39 is 0 Å². The summed E-state index contributed by atoms with van der Waals surface area (Å²) in [6.07, 6.45) is 7.27. The molecule has 0 unspecified atom stereocenters. The number of ether oxygens (including phenoxy) is 1. The fourth-order valence-corrected chi connectivity index (χ4v) is 2.44. The third-order valence-electron chi connectivity index (χ3n) is 3.48. The number of carbonyl (C=O) groups is 1. The lowest BCUT2D eigenvalue weighted by atomic mass is 10.0. The van der Waals surface area contributed by atoms with Crippen LogP contribution in [0, 0.1) is 13.8 Å². The molecule has 0 aliphatic heterocycles. The van der Waals surface area contributed by atoms with Crippen LogP contribution in [0.25, 0.3) is 0 Å². The maximum atomic E-state index is 12.1. The van der Waals surface area contributed by atoms with E-state index in [1.807, 2.05) is 13.8 Å². The van der Waals surface area contributed by atoms with Crippen molar-refractivity contribution in [2.75, 3.05) is 7.11 Å². The van der Waals surface area contributed by atoms with Gasteiger partial charge in [-0.1, -0.05) is 6.08 Å². The van der Waals surface area contributed by atoms with Gasteiger partial charge in [-0.15, -0.1) is 0 Å². The predicted octanol–water partition coefficient (Wildman–Crippen LogP) is 2.93. The molecule has 0 spiro atoms. The summed E-state index contributed by atoms with van der Waals surface area (Å²) >= 11 is 0. The molecule has 3 heteroatoms. The van der Waals surface area contributed by atoms with Crippen molar-refractivity contribution in [2.24, 2.45) is 0 Å². The van der Waals surface area contributed by atoms with Crippen LogP contribution in [0.3, 0.4) is 0 Å². The van der Waals surface area contributed by atoms with Gasteiger partial charge in [0.25, 0.3) is 0 Å². The molecule has 1 aliphatic rings. The Morgan fingerprint density at radius 1 is 1.44 bits per heavy atom. The molecule has 2 rings (SSSR count). The molecule has 0 saturated heterocycles. The molecule has 1 aliphatic carbocycles. The molecule has 0 saturated carbocycles. The van der Waals surface area contributed by atoms with Gasteiger partial charge in [-0.05, 0) is 38.7 Å². The highest BCUT2D eigenvalue weighted by molar-refractivity contribution is 5.97. The van der Waals surface area contributed by atoms with E-state index in [9.17, 15) is 4.79 Å². The summed E-state index contributed by atoms with van der Waals surface area (Å²) in [7, 11) is 1.65. The highest BCUT2D eigenvalue weighted by Gasteiger charge is 2.17. The molecule has 0 N–H and O–H groups in total. The molecular formula is C15H19NO2. The van der Waals surface area contributed by atoms with Gasteiger partial charge >= 0.3 is 0 Å². The average molecular weight is 245 g/mol. The summed E-state index contributed by atoms with van der Waals surface area (Å²) in [5.41, 5.74) is 3.78. The lowest BCUT2D eigenvalue weighted by Crippen LogP contribution is -2.09. The predicted molar refractivity (Wildman–Crippen MR) is 70.9 cm³/mol. The Morgan fingerprint density at radius 3 is 2.83 bits per heavy atom. The number of carbonyl (C=O) groups excluding carboxylic acids is 1. The first-order chi connectivity index (χ1) is 8.63. The van der Waals surface area contributed by atoms with Crippen LogP contribution in [0.2, 0.25) is 0 Å². The van der Waals surface area contributed by atoms with Crippen LogP contribution in [0.4, 0.5) is 0 Å². The van der Waals surface area contributed by atoms with Gasteiger partial charge < -0.3 is 4.74 Å². The van der Waals surface area contributed by atoms with Crippen molar-refractivity contribution in [1.82, 2.24) is 4.98 Å². The third kappa shape index (κ3) is 2.45. The fraction of sp³-hybridized carbons (Fsp3) is 0.467. The number of hydrogen-bond donors (Lipinski definition) is 0. The molecular weight excluding hydrogens is 226 g/mol. The zero-order valence-electron chi connectivity index (χ0n) is 11.2. The third-order valence-corrected chi connectivity index (χ3v) is 3.48. The monoisotopic (exact) mass is 245 g/mol. The minimum atomic E-state index is 0.203. The van der Waals surface area contributed by atoms with E-state index >= 15 is 0 Å². The lowest BCUT2D eigenvalue weighted by molar-refractivity contribution is -0.115. The van der Waals surface area contributed by atoms with Gasteiger partial charge in [0, 0.05) is 17.3 Å². The summed E-state index contributed by atoms with van der Waals surface area (Å²) in [5, 5.41) is 0. The molecule has 0 aromatic carbocycles. The molecule has 0 amide bonds. The summed E-state index contributed by atoms with van der Waals surface area (Å²) in [6.45, 7) is 3.93. The molecule has 3 nitrogen and oxygen atoms in total. The minimum absolute atomic E-state index is 0.203. The van der Waals surface area contributed by atoms with E-state index in [0.717, 1.165) is 47.4 Å². The molecule has 96 valence electrons. The van der Waals surface area contributed by atoms with Gasteiger partial charge in [0.15, 0.2) is 5.78 Å². The second-order valence-electron chi connectivity index (χ2n) is 4.77. The number of pyridine rings is 1. The van der Waals surface area contributed by atoms with E-state index in [2.05, 4.69) is 11.1 Å². The summed E-state index contributed by atoms with van der Waals surface area (Å²) in [4.78, 5) is 16.5. The zero-order valence-corrected chi connectivity index (χ0v) is 11.2. The Labute approximate surface area is 108 Å². The van der Waals surface area contributed by atoms with Crippen LogP contribution in [0.15, 0.2) is 17.8 Å². The number of hydrogen-bond acceptors (Lipinski definition) is 3. The van der Waals surface area contributed by atoms with Crippen LogP contribution in [-0.2, 0) is 11.2 Å². The highest BCUT2D eigenvalue weighted by atomic mass is 16.5. The molecule has 18 heavy (non-hydrogen) atoms. The van der Waals surface area contributed by atoms with Crippen LogP contribution in [0.5, 0.6) is 5.75 Å². The molecule has 1 aromatic heterocycles. The van der Waals surface area contributed by atoms with Crippen LogP contribution >= 0.6 is 0 Å². The van der Waals surface area contributed by atoms with Gasteiger partial charge in [-0.3, -0.25) is 9.78 Å². The van der Waals surface area contributed by atoms with Crippen molar-refractivity contribution in [3.05, 3.63) is 34.7 Å². The Morgan fingerprint density at radius 2 is 2.22 bits per heavy atom. The molecule has 1 heterocycles. The molecule has 0 bridgehead atoms. The highest BCUT2D eigenvalue weighted by Crippen LogP contribution is 2.26. The van der Waals surface area contributed by atoms with E-state index in [4.69, 9.17) is 4.74 Å². The first kappa shape index (κ1) is 12.8. The largest absolute Gasteiger partial charge is 0.496 e. The van der Waals surface area contributed by atoms with Gasteiger partial charge in [-0.25, -0.2) is 0 Å². The quantitative estimate of drug-likeness (QED) is 0.818. The number of methoxy groups -OCH3 is 1. The number of aryl methyl sites for hydroxylation is 1. The fourth-order valence-electron chi connectivity index (χ4n) is 2.44. The van der Waals surface area contributed by atoms with Crippen molar-refractivity contribution in [3.63, 3.8) is 0 Å². The maximum absolute atomic E-state index is 12.1. The number of rotatable bonds is 4. The summed E-state index contributed by atoms with van der Waals surface area (Å²) < 4.78 is 5.36. The molecule has 1 aromatic rings. The number of aromatic nitrogens is 1. The van der Waals surface area contributed by atoms with E-state index in [1.54, 1.807) is 13.3 Å². The first-order valence-corrected chi connectivity index (χ1v) is 6.34. The van der Waals surface area contributed by atoms with Crippen LogP contribution in [0.1, 0.15) is 36.1 Å². The van der Waals surface area contributed by atoms with Crippen molar-refractivity contribution in [3.8, 4) is 5.75 Å². The topological polar surface area (TPSA) is 39.2 Å². The first-order valence-electron chi connectivity index (χ1n) is 6.34. The number of nitrogens with zero attached hydrogens (tertiary/aromatic N) is 1. The summed E-state index contributed by atoms with van der Waals surface area (Å²) in [6, 6.07) is 0. The lowest BCUT2D eigenvalue weighted by Gasteiger charge is -2.12. The molecule has 0 radical (unpaired) electrons. The van der Waals surface area contributed by atoms with Gasteiger partial charge in [0.05, 0.1) is 19.2 Å². The van der Waals surface area contributed by atoms with E-state index in [0.29, 0.717) is 6.42 Å². The SMILES string of the molecule is COc1c(C)cnc(CC(=O)C2=CCCC2)c1C. The van der Waals surface area contributed by atoms with Gasteiger partial charge in [0.2, 0.25) is 0 Å². The van der Waals surface area contributed by atoms with Crippen LogP contribution < -0.4 is 4.74 Å². The Hall–Kier alpha value is -1.64. The number of allylic oxidation sites excluding steroid dienone is 2. The normalized spacial score (nSPS) is 14.5. The van der Waals surface area contributed by atoms with Gasteiger partial charge in [-0.2, -0.15) is 0 Å². The Balaban J connectivity index is 2.21. The van der Waals surface area contributed by atoms with Crippen molar-refractivity contribution in [2.45, 2.75) is 39.5 Å². The Bertz CT molecular complexity index is 503. The average Bonchev–Trinajstić information content (AvgIpc) is 2.87. The smallest absolute Gasteiger partial charge is 0.164 e. The second-order valence-corrected chi connectivity index (χ2v) is 4.77. The maximum Gasteiger partial charge on any atom is 0.164 e. The Kier molecular flexibility index (Phi) is 3.80. The molecule has 0 atom stereocenters. The second kappa shape index (κ2) is 5.34. The number of Topliss-reactive ketones (excluding diaryl/α,β-unsaturated/α-hetero) is 1. The summed E-state index contributed by atoms with van der Waals surface area (Å²) in [5.74, 6) is 1.04. The van der Waals surface area contributed by atoms with Crippen molar-refractivity contribution < 1.29 is 9.53 Å². The standard InChI is InChI=1S/C15H19NO2/c1-10-9-16-13(11(2)15(10)18-3)8-14(17)12-6-4-5-7-12/h6,9H,4-5,7-8H2,1-3H3. The number of ketones is 1. The van der Waals surface area contributed by atoms with Crippen LogP contribution in [-0.4, -0.2) is 17.9 Å². The van der Waals surface area contributed by atoms with Crippen molar-refractivity contribution in [1.29, 1.82) is 0 Å². The van der Waals surface area contributed by atoms with Gasteiger partial charge in [0.1, 0.15) is 5.75 Å². The van der Waals surface area contributed by atoms with Crippen molar-refractivity contribution >= 4 is 5.78 Å². The molecule has 0 fully saturated rings. The minimum Gasteiger partial charge on any atom is -0.496 e. The van der Waals surface area contributed by atoms with E-state index in [-0.39, 0.29) is 5.78 Å². The zero-order chi connectivity index (χ0) is 13.1. The van der Waals surface area contributed by atoms with E-state index in [1.165, 1.54) is 0 Å².